The SMILES string of the molecule is COc1ccc(C)cc1NC(=O)CCc1nc(-c2ccc(Cl)cc2)no1. The Morgan fingerprint density at radius 3 is 2.73 bits per heavy atom. The summed E-state index contributed by atoms with van der Waals surface area (Å²) in [6, 6.07) is 12.8. The van der Waals surface area contributed by atoms with Crippen LogP contribution in [0.15, 0.2) is 47.0 Å². The molecule has 1 N–H and O–H groups in total. The fourth-order valence-electron chi connectivity index (χ4n) is 2.43. The van der Waals surface area contributed by atoms with Crippen molar-refractivity contribution in [3.8, 4) is 17.1 Å². The van der Waals surface area contributed by atoms with Gasteiger partial charge in [-0.15, -0.1) is 0 Å². The fourth-order valence-corrected chi connectivity index (χ4v) is 2.55. The largest absolute Gasteiger partial charge is 0.495 e. The third-order valence-corrected chi connectivity index (χ3v) is 4.02. The van der Waals surface area contributed by atoms with Crippen molar-refractivity contribution in [3.05, 3.63) is 58.9 Å². The number of anilines is 1. The van der Waals surface area contributed by atoms with E-state index in [2.05, 4.69) is 15.5 Å². The van der Waals surface area contributed by atoms with Crippen LogP contribution in [-0.4, -0.2) is 23.2 Å². The summed E-state index contributed by atoms with van der Waals surface area (Å²) in [5.41, 5.74) is 2.48. The number of ether oxygens (including phenoxy) is 1. The predicted octanol–water partition coefficient (Wildman–Crippen LogP) is 4.28. The molecule has 0 bridgehead atoms. The molecule has 0 aliphatic carbocycles. The summed E-state index contributed by atoms with van der Waals surface area (Å²) >= 11 is 5.87. The Morgan fingerprint density at radius 1 is 1.23 bits per heavy atom. The van der Waals surface area contributed by atoms with Gasteiger partial charge < -0.3 is 14.6 Å². The van der Waals surface area contributed by atoms with Crippen LogP contribution in [0.1, 0.15) is 17.9 Å². The molecule has 3 aromatic rings. The first-order valence-electron chi connectivity index (χ1n) is 8.08. The lowest BCUT2D eigenvalue weighted by molar-refractivity contribution is -0.116. The number of amides is 1. The quantitative estimate of drug-likeness (QED) is 0.699. The smallest absolute Gasteiger partial charge is 0.227 e. The summed E-state index contributed by atoms with van der Waals surface area (Å²) in [4.78, 5) is 16.5. The molecule has 3 rings (SSSR count). The summed E-state index contributed by atoms with van der Waals surface area (Å²) in [6.07, 6.45) is 0.569. The van der Waals surface area contributed by atoms with E-state index >= 15 is 0 Å². The number of nitrogens with zero attached hydrogens (tertiary/aromatic N) is 2. The number of methoxy groups -OCH3 is 1. The van der Waals surface area contributed by atoms with Gasteiger partial charge in [0.05, 0.1) is 12.8 Å². The molecule has 0 unspecified atom stereocenters. The summed E-state index contributed by atoms with van der Waals surface area (Å²) in [7, 11) is 1.57. The van der Waals surface area contributed by atoms with E-state index in [9.17, 15) is 4.79 Å². The molecule has 0 radical (unpaired) electrons. The number of aromatic nitrogens is 2. The van der Waals surface area contributed by atoms with Gasteiger partial charge in [-0.25, -0.2) is 0 Å². The second kappa shape index (κ2) is 8.01. The zero-order valence-electron chi connectivity index (χ0n) is 14.5. The highest BCUT2D eigenvalue weighted by atomic mass is 35.5. The van der Waals surface area contributed by atoms with Gasteiger partial charge in [0.2, 0.25) is 17.6 Å². The van der Waals surface area contributed by atoms with Crippen molar-refractivity contribution in [1.82, 2.24) is 10.1 Å². The lowest BCUT2D eigenvalue weighted by atomic mass is 10.2. The molecular formula is C19H18ClN3O3. The second-order valence-electron chi connectivity index (χ2n) is 5.77. The second-order valence-corrected chi connectivity index (χ2v) is 6.21. The Morgan fingerprint density at radius 2 is 2.00 bits per heavy atom. The van der Waals surface area contributed by atoms with Crippen LogP contribution in [0.5, 0.6) is 5.75 Å². The average molecular weight is 372 g/mol. The Labute approximate surface area is 156 Å². The molecule has 26 heavy (non-hydrogen) atoms. The number of carbonyl (C=O) groups is 1. The Hall–Kier alpha value is -2.86. The minimum Gasteiger partial charge on any atom is -0.495 e. The number of aryl methyl sites for hydroxylation is 2. The number of benzene rings is 2. The first kappa shape index (κ1) is 17.9. The molecule has 1 heterocycles. The third-order valence-electron chi connectivity index (χ3n) is 3.77. The molecule has 6 nitrogen and oxygen atoms in total. The van der Waals surface area contributed by atoms with Gasteiger partial charge in [0.1, 0.15) is 5.75 Å². The van der Waals surface area contributed by atoms with Crippen LogP contribution in [-0.2, 0) is 11.2 Å². The summed E-state index contributed by atoms with van der Waals surface area (Å²) in [6.45, 7) is 1.95. The Balaban J connectivity index is 1.60. The van der Waals surface area contributed by atoms with Crippen molar-refractivity contribution in [2.75, 3.05) is 12.4 Å². The highest BCUT2D eigenvalue weighted by Gasteiger charge is 2.12. The first-order chi connectivity index (χ1) is 12.5. The molecule has 7 heteroatoms. The van der Waals surface area contributed by atoms with Crippen molar-refractivity contribution < 1.29 is 14.1 Å². The standard InChI is InChI=1S/C19H18ClN3O3/c1-12-3-8-16(25-2)15(11-12)21-17(24)9-10-18-22-19(23-26-18)13-4-6-14(20)7-5-13/h3-8,11H,9-10H2,1-2H3,(H,21,24). The van der Waals surface area contributed by atoms with E-state index in [0.717, 1.165) is 11.1 Å². The minimum absolute atomic E-state index is 0.153. The number of nitrogens with one attached hydrogen (secondary N) is 1. The minimum atomic E-state index is -0.153. The van der Waals surface area contributed by atoms with Gasteiger partial charge in [-0.3, -0.25) is 4.79 Å². The number of carbonyl (C=O) groups excluding carboxylic acids is 1. The van der Waals surface area contributed by atoms with Gasteiger partial charge in [-0.05, 0) is 48.9 Å². The number of rotatable bonds is 6. The van der Waals surface area contributed by atoms with Crippen LogP contribution < -0.4 is 10.1 Å². The maximum absolute atomic E-state index is 12.2. The molecule has 0 atom stereocenters. The number of halogens is 1. The van der Waals surface area contributed by atoms with Crippen LogP contribution in [0.4, 0.5) is 5.69 Å². The maximum atomic E-state index is 12.2. The Bertz CT molecular complexity index is 907. The van der Waals surface area contributed by atoms with E-state index in [0.29, 0.717) is 34.6 Å². The number of hydrogen-bond donors (Lipinski definition) is 1. The summed E-state index contributed by atoms with van der Waals surface area (Å²) in [5.74, 6) is 1.34. The predicted molar refractivity (Wildman–Crippen MR) is 99.4 cm³/mol. The number of hydrogen-bond acceptors (Lipinski definition) is 5. The Kier molecular flexibility index (Phi) is 5.53. The monoisotopic (exact) mass is 371 g/mol. The lowest BCUT2D eigenvalue weighted by Gasteiger charge is -2.10. The highest BCUT2D eigenvalue weighted by molar-refractivity contribution is 6.30. The van der Waals surface area contributed by atoms with Crippen molar-refractivity contribution in [2.24, 2.45) is 0 Å². The molecule has 2 aromatic carbocycles. The van der Waals surface area contributed by atoms with E-state index in [4.69, 9.17) is 20.9 Å². The van der Waals surface area contributed by atoms with Gasteiger partial charge in [-0.2, -0.15) is 4.98 Å². The molecule has 134 valence electrons. The van der Waals surface area contributed by atoms with Crippen LogP contribution in [0.25, 0.3) is 11.4 Å². The van der Waals surface area contributed by atoms with Crippen molar-refractivity contribution in [3.63, 3.8) is 0 Å². The van der Waals surface area contributed by atoms with E-state index in [1.54, 1.807) is 19.2 Å². The van der Waals surface area contributed by atoms with Crippen LogP contribution in [0.3, 0.4) is 0 Å². The summed E-state index contributed by atoms with van der Waals surface area (Å²) < 4.78 is 10.5. The van der Waals surface area contributed by atoms with Gasteiger partial charge >= 0.3 is 0 Å². The molecule has 0 aliphatic heterocycles. The van der Waals surface area contributed by atoms with Gasteiger partial charge in [0, 0.05) is 23.4 Å². The van der Waals surface area contributed by atoms with E-state index in [-0.39, 0.29) is 12.3 Å². The van der Waals surface area contributed by atoms with Crippen LogP contribution >= 0.6 is 11.6 Å². The zero-order valence-corrected chi connectivity index (χ0v) is 15.2. The first-order valence-corrected chi connectivity index (χ1v) is 8.46. The molecule has 1 aromatic heterocycles. The molecule has 0 aliphatic rings. The molecule has 0 saturated carbocycles. The molecule has 0 spiro atoms. The van der Waals surface area contributed by atoms with Crippen molar-refractivity contribution in [2.45, 2.75) is 19.8 Å². The molecule has 1 amide bonds. The zero-order chi connectivity index (χ0) is 18.5. The normalized spacial score (nSPS) is 10.6. The third kappa shape index (κ3) is 4.40. The molecule has 0 saturated heterocycles. The van der Waals surface area contributed by atoms with E-state index < -0.39 is 0 Å². The molecule has 0 fully saturated rings. The molecular weight excluding hydrogens is 354 g/mol. The highest BCUT2D eigenvalue weighted by Crippen LogP contribution is 2.25. The van der Waals surface area contributed by atoms with Crippen LogP contribution in [0.2, 0.25) is 5.02 Å². The van der Waals surface area contributed by atoms with E-state index in [1.165, 1.54) is 0 Å². The van der Waals surface area contributed by atoms with Crippen molar-refractivity contribution >= 4 is 23.2 Å². The van der Waals surface area contributed by atoms with Crippen LogP contribution in [0, 0.1) is 6.92 Å². The fraction of sp³-hybridized carbons (Fsp3) is 0.211. The van der Waals surface area contributed by atoms with Crippen molar-refractivity contribution in [1.29, 1.82) is 0 Å². The van der Waals surface area contributed by atoms with E-state index in [1.807, 2.05) is 37.3 Å². The lowest BCUT2D eigenvalue weighted by Crippen LogP contribution is -2.13. The average Bonchev–Trinajstić information content (AvgIpc) is 3.10. The van der Waals surface area contributed by atoms with Gasteiger partial charge in [0.25, 0.3) is 0 Å². The van der Waals surface area contributed by atoms with Gasteiger partial charge in [-0.1, -0.05) is 22.8 Å². The van der Waals surface area contributed by atoms with Gasteiger partial charge in [0.15, 0.2) is 0 Å². The summed E-state index contributed by atoms with van der Waals surface area (Å²) in [5, 5.41) is 7.42. The topological polar surface area (TPSA) is 77.2 Å². The maximum Gasteiger partial charge on any atom is 0.227 e.